The minimum Gasteiger partial charge on any atom is -0.488 e. The summed E-state index contributed by atoms with van der Waals surface area (Å²) in [5, 5.41) is 5.14. The van der Waals surface area contributed by atoms with Gasteiger partial charge in [-0.3, -0.25) is 9.69 Å². The van der Waals surface area contributed by atoms with Gasteiger partial charge in [-0.05, 0) is 35.9 Å². The summed E-state index contributed by atoms with van der Waals surface area (Å²) in [5.41, 5.74) is 1.23. The fourth-order valence-corrected chi connectivity index (χ4v) is 3.92. The Morgan fingerprint density at radius 1 is 1.25 bits per heavy atom. The first-order chi connectivity index (χ1) is 11.8. The lowest BCUT2D eigenvalue weighted by molar-refractivity contribution is -0.122. The number of nitrogens with one attached hydrogen (secondary N) is 1. The van der Waals surface area contributed by atoms with Crippen LogP contribution in [0, 0.1) is 0 Å². The van der Waals surface area contributed by atoms with Crippen molar-refractivity contribution in [3.8, 4) is 5.75 Å². The van der Waals surface area contributed by atoms with Crippen LogP contribution in [-0.4, -0.2) is 36.0 Å². The molecule has 1 fully saturated rings. The summed E-state index contributed by atoms with van der Waals surface area (Å²) in [6, 6.07) is 12.9. The molecule has 2 aliphatic rings. The van der Waals surface area contributed by atoms with E-state index in [0.717, 1.165) is 18.7 Å². The lowest BCUT2D eigenvalue weighted by Gasteiger charge is -2.21. The molecule has 0 spiro atoms. The van der Waals surface area contributed by atoms with Crippen LogP contribution >= 0.6 is 11.3 Å². The van der Waals surface area contributed by atoms with Gasteiger partial charge in [0.25, 0.3) is 0 Å². The molecule has 4 nitrogen and oxygen atoms in total. The first-order valence-electron chi connectivity index (χ1n) is 8.55. The van der Waals surface area contributed by atoms with Crippen molar-refractivity contribution in [2.75, 3.05) is 13.1 Å². The van der Waals surface area contributed by atoms with Gasteiger partial charge in [-0.15, -0.1) is 11.3 Å². The Kier molecular flexibility index (Phi) is 4.54. The van der Waals surface area contributed by atoms with Crippen LogP contribution in [0.15, 0.2) is 41.8 Å². The molecule has 1 aliphatic heterocycles. The molecule has 0 radical (unpaired) electrons. The van der Waals surface area contributed by atoms with Crippen molar-refractivity contribution >= 4 is 17.2 Å². The maximum atomic E-state index is 12.3. The fraction of sp³-hybridized carbons (Fsp3) is 0.421. The molecule has 1 saturated carbocycles. The topological polar surface area (TPSA) is 41.6 Å². The number of carbonyl (C=O) groups is 1. The second kappa shape index (κ2) is 6.95. The summed E-state index contributed by atoms with van der Waals surface area (Å²) in [6.07, 6.45) is 3.34. The zero-order valence-corrected chi connectivity index (χ0v) is 14.4. The van der Waals surface area contributed by atoms with Gasteiger partial charge in [0, 0.05) is 23.9 Å². The van der Waals surface area contributed by atoms with Crippen molar-refractivity contribution in [3.63, 3.8) is 0 Å². The second-order valence-corrected chi connectivity index (χ2v) is 7.60. The third-order valence-electron chi connectivity index (χ3n) is 4.59. The van der Waals surface area contributed by atoms with Gasteiger partial charge >= 0.3 is 0 Å². The average Bonchev–Trinajstić information content (AvgIpc) is 3.15. The normalized spacial score (nSPS) is 19.1. The van der Waals surface area contributed by atoms with Crippen molar-refractivity contribution in [3.05, 3.63) is 52.2 Å². The summed E-state index contributed by atoms with van der Waals surface area (Å²) >= 11 is 1.76. The van der Waals surface area contributed by atoms with Crippen molar-refractivity contribution in [1.29, 1.82) is 0 Å². The van der Waals surface area contributed by atoms with E-state index in [9.17, 15) is 4.79 Å². The number of fused-ring (bicyclic) bond motifs is 1. The van der Waals surface area contributed by atoms with Crippen molar-refractivity contribution < 1.29 is 9.53 Å². The zero-order chi connectivity index (χ0) is 16.4. The summed E-state index contributed by atoms with van der Waals surface area (Å²) in [7, 11) is 0. The van der Waals surface area contributed by atoms with E-state index in [-0.39, 0.29) is 12.0 Å². The van der Waals surface area contributed by atoms with Gasteiger partial charge in [0.2, 0.25) is 5.91 Å². The molecule has 1 atom stereocenters. The minimum atomic E-state index is 0.0537. The van der Waals surface area contributed by atoms with E-state index in [4.69, 9.17) is 4.74 Å². The van der Waals surface area contributed by atoms with Crippen LogP contribution in [0.4, 0.5) is 0 Å². The summed E-state index contributed by atoms with van der Waals surface area (Å²) in [4.78, 5) is 16.0. The van der Waals surface area contributed by atoms with Crippen LogP contribution in [0.25, 0.3) is 0 Å². The Bertz CT molecular complexity index is 672. The summed E-state index contributed by atoms with van der Waals surface area (Å²) in [6.45, 7) is 1.92. The molecule has 5 heteroatoms. The molecule has 0 bridgehead atoms. The Morgan fingerprint density at radius 3 is 2.88 bits per heavy atom. The van der Waals surface area contributed by atoms with Crippen LogP contribution in [-0.2, 0) is 17.8 Å². The highest BCUT2D eigenvalue weighted by Crippen LogP contribution is 2.29. The molecule has 1 amide bonds. The highest BCUT2D eigenvalue weighted by molar-refractivity contribution is 7.09. The predicted molar refractivity (Wildman–Crippen MR) is 95.3 cm³/mol. The number of rotatable bonds is 7. The maximum Gasteiger partial charge on any atom is 0.234 e. The van der Waals surface area contributed by atoms with E-state index in [0.29, 0.717) is 19.1 Å². The van der Waals surface area contributed by atoms with Crippen LogP contribution in [0.5, 0.6) is 5.75 Å². The number of hydrogen-bond acceptors (Lipinski definition) is 4. The SMILES string of the molecule is O=C(CN(Cc1cccs1)C1CC1)NCC1Cc2ccccc2O1. The Morgan fingerprint density at radius 2 is 2.12 bits per heavy atom. The van der Waals surface area contributed by atoms with Gasteiger partial charge in [-0.1, -0.05) is 24.3 Å². The molecule has 2 aromatic rings. The van der Waals surface area contributed by atoms with Gasteiger partial charge < -0.3 is 10.1 Å². The molecule has 4 rings (SSSR count). The van der Waals surface area contributed by atoms with E-state index in [2.05, 4.69) is 33.8 Å². The molecule has 24 heavy (non-hydrogen) atoms. The van der Waals surface area contributed by atoms with Gasteiger partial charge in [0.1, 0.15) is 11.9 Å². The number of para-hydroxylation sites is 1. The molecule has 1 aromatic heterocycles. The number of ether oxygens (including phenoxy) is 1. The van der Waals surface area contributed by atoms with E-state index in [1.165, 1.54) is 23.3 Å². The molecule has 2 heterocycles. The van der Waals surface area contributed by atoms with Crippen molar-refractivity contribution in [1.82, 2.24) is 10.2 Å². The number of nitrogens with zero attached hydrogens (tertiary/aromatic N) is 1. The van der Waals surface area contributed by atoms with Crippen LogP contribution in [0.3, 0.4) is 0 Å². The quantitative estimate of drug-likeness (QED) is 0.841. The maximum absolute atomic E-state index is 12.3. The molecular formula is C19H22N2O2S. The number of hydrogen-bond donors (Lipinski definition) is 1. The molecule has 1 aromatic carbocycles. The highest BCUT2D eigenvalue weighted by Gasteiger charge is 2.31. The van der Waals surface area contributed by atoms with Gasteiger partial charge in [0.15, 0.2) is 0 Å². The predicted octanol–water partition coefficient (Wildman–Crippen LogP) is 2.83. The van der Waals surface area contributed by atoms with Crippen LogP contribution < -0.4 is 10.1 Å². The lowest BCUT2D eigenvalue weighted by atomic mass is 10.1. The van der Waals surface area contributed by atoms with Gasteiger partial charge in [0.05, 0.1) is 13.1 Å². The molecule has 1 N–H and O–H groups in total. The van der Waals surface area contributed by atoms with E-state index < -0.39 is 0 Å². The van der Waals surface area contributed by atoms with E-state index in [1.54, 1.807) is 11.3 Å². The fourth-order valence-electron chi connectivity index (χ4n) is 3.19. The number of benzene rings is 1. The smallest absolute Gasteiger partial charge is 0.234 e. The van der Waals surface area contributed by atoms with E-state index >= 15 is 0 Å². The second-order valence-electron chi connectivity index (χ2n) is 6.57. The largest absolute Gasteiger partial charge is 0.488 e. The standard InChI is InChI=1S/C19H22N2O2S/c22-19(13-21(15-7-8-15)12-17-5-3-9-24-17)20-11-16-10-14-4-1-2-6-18(14)23-16/h1-6,9,15-16H,7-8,10-13H2,(H,20,22). The number of amides is 1. The molecule has 126 valence electrons. The number of carbonyl (C=O) groups excluding carboxylic acids is 1. The monoisotopic (exact) mass is 342 g/mol. The van der Waals surface area contributed by atoms with Crippen molar-refractivity contribution in [2.45, 2.75) is 38.0 Å². The Balaban J connectivity index is 1.26. The first-order valence-corrected chi connectivity index (χ1v) is 9.43. The molecule has 1 aliphatic carbocycles. The van der Waals surface area contributed by atoms with Gasteiger partial charge in [-0.25, -0.2) is 0 Å². The van der Waals surface area contributed by atoms with Gasteiger partial charge in [-0.2, -0.15) is 0 Å². The van der Waals surface area contributed by atoms with E-state index in [1.807, 2.05) is 18.2 Å². The first kappa shape index (κ1) is 15.7. The van der Waals surface area contributed by atoms with Crippen LogP contribution in [0.1, 0.15) is 23.3 Å². The zero-order valence-electron chi connectivity index (χ0n) is 13.6. The number of thiophene rings is 1. The van der Waals surface area contributed by atoms with Crippen molar-refractivity contribution in [2.24, 2.45) is 0 Å². The average molecular weight is 342 g/mol. The summed E-state index contributed by atoms with van der Waals surface area (Å²) in [5.74, 6) is 1.05. The molecular weight excluding hydrogens is 320 g/mol. The molecule has 1 unspecified atom stereocenters. The highest BCUT2D eigenvalue weighted by atomic mass is 32.1. The lowest BCUT2D eigenvalue weighted by Crippen LogP contribution is -2.41. The third kappa shape index (κ3) is 3.79. The Labute approximate surface area is 146 Å². The minimum absolute atomic E-state index is 0.0537. The third-order valence-corrected chi connectivity index (χ3v) is 5.45. The van der Waals surface area contributed by atoms with Crippen LogP contribution in [0.2, 0.25) is 0 Å². The Hall–Kier alpha value is -1.85. The molecule has 0 saturated heterocycles. The summed E-state index contributed by atoms with van der Waals surface area (Å²) < 4.78 is 5.88.